The number of amides is 1. The maximum absolute atomic E-state index is 12.0. The van der Waals surface area contributed by atoms with Crippen LogP contribution in [0.15, 0.2) is 4.63 Å². The molecule has 1 saturated heterocycles. The van der Waals surface area contributed by atoms with Crippen LogP contribution in [-0.4, -0.2) is 59.7 Å². The van der Waals surface area contributed by atoms with Crippen LogP contribution in [0, 0.1) is 5.92 Å². The third-order valence-corrected chi connectivity index (χ3v) is 3.43. The number of rotatable bonds is 3. The van der Waals surface area contributed by atoms with Gasteiger partial charge in [0.2, 0.25) is 11.5 Å². The van der Waals surface area contributed by atoms with Crippen molar-refractivity contribution in [2.75, 3.05) is 39.5 Å². The van der Waals surface area contributed by atoms with Gasteiger partial charge < -0.3 is 15.5 Å². The number of hydrogen-bond donors (Lipinski definition) is 1. The number of aromatic nitrogens is 2. The van der Waals surface area contributed by atoms with Crippen LogP contribution in [0.4, 0.5) is 5.82 Å². The molecule has 1 amide bonds. The van der Waals surface area contributed by atoms with Crippen molar-refractivity contribution >= 4 is 11.7 Å². The fraction of sp³-hybridized carbons (Fsp3) is 0.727. The van der Waals surface area contributed by atoms with Gasteiger partial charge in [-0.1, -0.05) is 0 Å². The average molecular weight is 253 g/mol. The summed E-state index contributed by atoms with van der Waals surface area (Å²) in [6.45, 7) is 2.89. The molecule has 100 valence electrons. The molecule has 0 bridgehead atoms. The first-order valence-corrected chi connectivity index (χ1v) is 6.10. The summed E-state index contributed by atoms with van der Waals surface area (Å²) in [7, 11) is 3.88. The van der Waals surface area contributed by atoms with Gasteiger partial charge in [-0.15, -0.1) is 0 Å². The summed E-state index contributed by atoms with van der Waals surface area (Å²) >= 11 is 0. The van der Waals surface area contributed by atoms with E-state index in [9.17, 15) is 4.79 Å². The monoisotopic (exact) mass is 253 g/mol. The quantitative estimate of drug-likeness (QED) is 0.819. The highest BCUT2D eigenvalue weighted by Gasteiger charge is 2.24. The molecule has 18 heavy (non-hydrogen) atoms. The second-order valence-corrected chi connectivity index (χ2v) is 4.93. The molecule has 1 aliphatic rings. The molecule has 0 unspecified atom stereocenters. The van der Waals surface area contributed by atoms with Gasteiger partial charge in [-0.25, -0.2) is 4.63 Å². The third-order valence-electron chi connectivity index (χ3n) is 3.43. The van der Waals surface area contributed by atoms with E-state index in [1.807, 2.05) is 0 Å². The number of nitrogens with zero attached hydrogens (tertiary/aromatic N) is 4. The van der Waals surface area contributed by atoms with Crippen LogP contribution in [0.1, 0.15) is 23.3 Å². The molecule has 1 aliphatic heterocycles. The summed E-state index contributed by atoms with van der Waals surface area (Å²) in [4.78, 5) is 16.0. The van der Waals surface area contributed by atoms with E-state index in [2.05, 4.69) is 26.9 Å². The van der Waals surface area contributed by atoms with Gasteiger partial charge in [0.05, 0.1) is 0 Å². The SMILES string of the molecule is CN1CCC(CN(C)C(=O)c2nonc2N)CC1. The second-order valence-electron chi connectivity index (χ2n) is 4.93. The normalized spacial score (nSPS) is 17.9. The van der Waals surface area contributed by atoms with E-state index >= 15 is 0 Å². The molecule has 0 saturated carbocycles. The van der Waals surface area contributed by atoms with Gasteiger partial charge in [0.1, 0.15) is 0 Å². The molecule has 7 heteroatoms. The van der Waals surface area contributed by atoms with Gasteiger partial charge >= 0.3 is 0 Å². The lowest BCUT2D eigenvalue weighted by Gasteiger charge is -2.31. The smallest absolute Gasteiger partial charge is 0.279 e. The van der Waals surface area contributed by atoms with Crippen molar-refractivity contribution in [2.24, 2.45) is 5.92 Å². The first kappa shape index (κ1) is 12.8. The molecule has 0 aromatic carbocycles. The van der Waals surface area contributed by atoms with Crippen molar-refractivity contribution in [3.05, 3.63) is 5.69 Å². The maximum atomic E-state index is 12.0. The Morgan fingerprint density at radius 2 is 2.17 bits per heavy atom. The van der Waals surface area contributed by atoms with Gasteiger partial charge in [-0.05, 0) is 49.2 Å². The number of nitrogen functional groups attached to an aromatic ring is 1. The highest BCUT2D eigenvalue weighted by atomic mass is 16.6. The lowest BCUT2D eigenvalue weighted by atomic mass is 9.96. The zero-order chi connectivity index (χ0) is 13.1. The standard InChI is InChI=1S/C11H19N5O2/c1-15-5-3-8(4-6-15)7-16(2)11(17)9-10(12)14-18-13-9/h8H,3-7H2,1-2H3,(H2,12,14). The number of hydrogen-bond acceptors (Lipinski definition) is 6. The molecule has 1 fully saturated rings. The Balaban J connectivity index is 1.90. The van der Waals surface area contributed by atoms with E-state index in [1.54, 1.807) is 11.9 Å². The molecule has 0 aliphatic carbocycles. The Morgan fingerprint density at radius 1 is 1.50 bits per heavy atom. The van der Waals surface area contributed by atoms with Crippen LogP contribution in [0.25, 0.3) is 0 Å². The molecule has 0 radical (unpaired) electrons. The Hall–Kier alpha value is -1.63. The largest absolute Gasteiger partial charge is 0.379 e. The van der Waals surface area contributed by atoms with E-state index in [0.717, 1.165) is 32.5 Å². The molecular formula is C11H19N5O2. The molecule has 2 heterocycles. The van der Waals surface area contributed by atoms with E-state index in [0.29, 0.717) is 5.92 Å². The summed E-state index contributed by atoms with van der Waals surface area (Å²) in [6, 6.07) is 0. The van der Waals surface area contributed by atoms with Crippen LogP contribution in [0.5, 0.6) is 0 Å². The zero-order valence-corrected chi connectivity index (χ0v) is 10.8. The summed E-state index contributed by atoms with van der Waals surface area (Å²) in [5.41, 5.74) is 5.61. The van der Waals surface area contributed by atoms with Gasteiger partial charge in [0, 0.05) is 13.6 Å². The van der Waals surface area contributed by atoms with Crippen LogP contribution in [-0.2, 0) is 0 Å². The highest BCUT2D eigenvalue weighted by Crippen LogP contribution is 2.18. The highest BCUT2D eigenvalue weighted by molar-refractivity contribution is 5.95. The first-order chi connectivity index (χ1) is 8.58. The fourth-order valence-corrected chi connectivity index (χ4v) is 2.24. The van der Waals surface area contributed by atoms with E-state index in [4.69, 9.17) is 5.73 Å². The van der Waals surface area contributed by atoms with E-state index < -0.39 is 0 Å². The minimum Gasteiger partial charge on any atom is -0.379 e. The Kier molecular flexibility index (Phi) is 3.81. The predicted molar refractivity (Wildman–Crippen MR) is 65.9 cm³/mol. The molecule has 2 N–H and O–H groups in total. The predicted octanol–water partition coefficient (Wildman–Crippen LogP) is 0.0656. The molecule has 2 rings (SSSR count). The summed E-state index contributed by atoms with van der Waals surface area (Å²) < 4.78 is 4.44. The van der Waals surface area contributed by atoms with Crippen molar-refractivity contribution in [1.82, 2.24) is 20.1 Å². The van der Waals surface area contributed by atoms with Crippen LogP contribution >= 0.6 is 0 Å². The summed E-state index contributed by atoms with van der Waals surface area (Å²) in [6.07, 6.45) is 2.22. The zero-order valence-electron chi connectivity index (χ0n) is 10.8. The van der Waals surface area contributed by atoms with Crippen molar-refractivity contribution in [3.8, 4) is 0 Å². The fourth-order valence-electron chi connectivity index (χ4n) is 2.24. The lowest BCUT2D eigenvalue weighted by molar-refractivity contribution is 0.0737. The summed E-state index contributed by atoms with van der Waals surface area (Å²) in [5, 5.41) is 6.95. The minimum atomic E-state index is -0.229. The molecular weight excluding hydrogens is 234 g/mol. The number of likely N-dealkylation sites (tertiary alicyclic amines) is 1. The summed E-state index contributed by atoms with van der Waals surface area (Å²) in [5.74, 6) is 0.360. The lowest BCUT2D eigenvalue weighted by Crippen LogP contribution is -2.38. The Labute approximate surface area is 106 Å². The molecule has 1 aromatic heterocycles. The van der Waals surface area contributed by atoms with Crippen molar-refractivity contribution < 1.29 is 9.42 Å². The average Bonchev–Trinajstić information content (AvgIpc) is 2.77. The number of carbonyl (C=O) groups is 1. The minimum absolute atomic E-state index is 0.0511. The number of anilines is 1. The van der Waals surface area contributed by atoms with Crippen molar-refractivity contribution in [1.29, 1.82) is 0 Å². The van der Waals surface area contributed by atoms with Gasteiger partial charge in [-0.2, -0.15) is 0 Å². The van der Waals surface area contributed by atoms with Gasteiger partial charge in [0.25, 0.3) is 5.91 Å². The molecule has 7 nitrogen and oxygen atoms in total. The number of carbonyl (C=O) groups excluding carboxylic acids is 1. The number of nitrogens with two attached hydrogens (primary N) is 1. The van der Waals surface area contributed by atoms with Crippen LogP contribution in [0.2, 0.25) is 0 Å². The van der Waals surface area contributed by atoms with Gasteiger partial charge in [-0.3, -0.25) is 4.79 Å². The molecule has 0 spiro atoms. The molecule has 1 aromatic rings. The second kappa shape index (κ2) is 5.34. The third kappa shape index (κ3) is 2.79. The molecule has 0 atom stereocenters. The van der Waals surface area contributed by atoms with Crippen LogP contribution in [0.3, 0.4) is 0 Å². The van der Waals surface area contributed by atoms with Crippen molar-refractivity contribution in [3.63, 3.8) is 0 Å². The van der Waals surface area contributed by atoms with E-state index in [1.165, 1.54) is 0 Å². The Bertz CT molecular complexity index is 411. The number of piperidine rings is 1. The van der Waals surface area contributed by atoms with Gasteiger partial charge in [0.15, 0.2) is 0 Å². The maximum Gasteiger partial charge on any atom is 0.279 e. The Morgan fingerprint density at radius 3 is 2.72 bits per heavy atom. The van der Waals surface area contributed by atoms with Crippen molar-refractivity contribution in [2.45, 2.75) is 12.8 Å². The van der Waals surface area contributed by atoms with Crippen LogP contribution < -0.4 is 5.73 Å². The topological polar surface area (TPSA) is 88.5 Å². The first-order valence-electron chi connectivity index (χ1n) is 6.10. The van der Waals surface area contributed by atoms with E-state index in [-0.39, 0.29) is 17.4 Å².